The SMILES string of the molecule is CCCCCCCCCCCCCCCCCCCCCCCCCCCCCC(O)C(=O)NC(CO)C(O)C(O)CCCCCCCCCCCCC. The lowest BCUT2D eigenvalue weighted by molar-refractivity contribution is -0.132. The summed E-state index contributed by atoms with van der Waals surface area (Å²) in [5.41, 5.74) is 0. The lowest BCUT2D eigenvalue weighted by atomic mass is 9.99. The first kappa shape index (κ1) is 53.3. The molecular formula is C48H97NO5. The van der Waals surface area contributed by atoms with Gasteiger partial charge >= 0.3 is 0 Å². The molecule has 4 atom stereocenters. The Morgan fingerprint density at radius 3 is 0.889 bits per heavy atom. The molecule has 4 unspecified atom stereocenters. The van der Waals surface area contributed by atoms with Crippen LogP contribution in [0.1, 0.15) is 271 Å². The molecule has 0 bridgehead atoms. The molecule has 0 aliphatic carbocycles. The van der Waals surface area contributed by atoms with Crippen LogP contribution >= 0.6 is 0 Å². The Bertz CT molecular complexity index is 736. The molecule has 0 aromatic rings. The van der Waals surface area contributed by atoms with Crippen LogP contribution in [0.15, 0.2) is 0 Å². The number of carbonyl (C=O) groups is 1. The molecular weight excluding hydrogens is 671 g/mol. The summed E-state index contributed by atoms with van der Waals surface area (Å²) in [5.74, 6) is -0.579. The van der Waals surface area contributed by atoms with Crippen molar-refractivity contribution >= 4 is 5.91 Å². The minimum atomic E-state index is -1.25. The predicted octanol–water partition coefficient (Wildman–Crippen LogP) is 13.2. The fourth-order valence-electron chi connectivity index (χ4n) is 7.94. The monoisotopic (exact) mass is 768 g/mol. The van der Waals surface area contributed by atoms with E-state index in [1.165, 1.54) is 205 Å². The Labute approximate surface area is 337 Å². The maximum Gasteiger partial charge on any atom is 0.249 e. The van der Waals surface area contributed by atoms with Gasteiger partial charge < -0.3 is 25.7 Å². The van der Waals surface area contributed by atoms with Gasteiger partial charge in [-0.25, -0.2) is 0 Å². The summed E-state index contributed by atoms with van der Waals surface area (Å²) >= 11 is 0. The molecule has 0 spiro atoms. The van der Waals surface area contributed by atoms with Crippen molar-refractivity contribution < 1.29 is 25.2 Å². The van der Waals surface area contributed by atoms with Crippen LogP contribution in [0.3, 0.4) is 0 Å². The summed E-state index contributed by atoms with van der Waals surface area (Å²) in [5, 5.41) is 43.7. The third-order valence-corrected chi connectivity index (χ3v) is 11.8. The minimum absolute atomic E-state index is 0.376. The van der Waals surface area contributed by atoms with E-state index in [2.05, 4.69) is 19.2 Å². The molecule has 0 aromatic heterocycles. The number of hydrogen-bond acceptors (Lipinski definition) is 5. The summed E-state index contributed by atoms with van der Waals surface area (Å²) < 4.78 is 0. The van der Waals surface area contributed by atoms with Crippen LogP contribution in [0.5, 0.6) is 0 Å². The number of amides is 1. The van der Waals surface area contributed by atoms with Gasteiger partial charge in [0.25, 0.3) is 0 Å². The molecule has 0 aromatic carbocycles. The lowest BCUT2D eigenvalue weighted by Crippen LogP contribution is -2.53. The number of aliphatic hydroxyl groups excluding tert-OH is 4. The van der Waals surface area contributed by atoms with Crippen LogP contribution in [0.2, 0.25) is 0 Å². The van der Waals surface area contributed by atoms with Gasteiger partial charge in [-0.15, -0.1) is 0 Å². The largest absolute Gasteiger partial charge is 0.394 e. The van der Waals surface area contributed by atoms with Crippen LogP contribution < -0.4 is 5.32 Å². The Balaban J connectivity index is 3.56. The first-order chi connectivity index (χ1) is 26.5. The Morgan fingerprint density at radius 1 is 0.389 bits per heavy atom. The highest BCUT2D eigenvalue weighted by molar-refractivity contribution is 5.80. The van der Waals surface area contributed by atoms with Crippen molar-refractivity contribution in [1.29, 1.82) is 0 Å². The number of nitrogens with one attached hydrogen (secondary N) is 1. The van der Waals surface area contributed by atoms with E-state index in [1.54, 1.807) is 0 Å². The molecule has 5 N–H and O–H groups in total. The normalized spacial score (nSPS) is 14.0. The van der Waals surface area contributed by atoms with E-state index in [4.69, 9.17) is 0 Å². The Hall–Kier alpha value is -0.690. The highest BCUT2D eigenvalue weighted by Gasteiger charge is 2.28. The van der Waals surface area contributed by atoms with Gasteiger partial charge in [-0.2, -0.15) is 0 Å². The Kier molecular flexibility index (Phi) is 42.9. The second kappa shape index (κ2) is 43.4. The van der Waals surface area contributed by atoms with Crippen LogP contribution in [0, 0.1) is 0 Å². The molecule has 54 heavy (non-hydrogen) atoms. The van der Waals surface area contributed by atoms with Crippen molar-refractivity contribution in [2.75, 3.05) is 6.61 Å². The van der Waals surface area contributed by atoms with Crippen LogP contribution in [0.4, 0.5) is 0 Å². The summed E-state index contributed by atoms with van der Waals surface area (Å²) in [4.78, 5) is 12.5. The van der Waals surface area contributed by atoms with Gasteiger partial charge in [0, 0.05) is 0 Å². The predicted molar refractivity (Wildman–Crippen MR) is 233 cm³/mol. The molecule has 1 amide bonds. The Morgan fingerprint density at radius 2 is 0.630 bits per heavy atom. The van der Waals surface area contributed by atoms with Crippen molar-refractivity contribution in [3.63, 3.8) is 0 Å². The number of hydrogen-bond donors (Lipinski definition) is 5. The van der Waals surface area contributed by atoms with E-state index in [0.29, 0.717) is 12.8 Å². The smallest absolute Gasteiger partial charge is 0.249 e. The average molecular weight is 768 g/mol. The summed E-state index contributed by atoms with van der Waals surface area (Å²) in [6, 6.07) is -0.978. The highest BCUT2D eigenvalue weighted by atomic mass is 16.3. The maximum absolute atomic E-state index is 12.5. The lowest BCUT2D eigenvalue weighted by Gasteiger charge is -2.27. The molecule has 6 nitrogen and oxygen atoms in total. The van der Waals surface area contributed by atoms with Crippen molar-refractivity contribution in [2.45, 2.75) is 295 Å². The quantitative estimate of drug-likeness (QED) is 0.0396. The van der Waals surface area contributed by atoms with Gasteiger partial charge in [0.15, 0.2) is 0 Å². The van der Waals surface area contributed by atoms with Crippen molar-refractivity contribution in [1.82, 2.24) is 5.32 Å². The van der Waals surface area contributed by atoms with Gasteiger partial charge in [-0.3, -0.25) is 4.79 Å². The summed E-state index contributed by atoms with van der Waals surface area (Å²) in [6.07, 6.45) is 47.3. The second-order valence-corrected chi connectivity index (χ2v) is 17.2. The topological polar surface area (TPSA) is 110 Å². The van der Waals surface area contributed by atoms with Crippen LogP contribution in [-0.4, -0.2) is 57.3 Å². The standard InChI is InChI=1S/C48H97NO5/c1-3-5-7-9-11-13-15-16-17-18-19-20-21-22-23-24-25-26-27-28-29-30-32-34-36-38-40-42-46(52)48(54)49-44(43-50)47(53)45(51)41-39-37-35-33-31-14-12-10-8-6-4-2/h44-47,50-53H,3-43H2,1-2H3,(H,49,54). The molecule has 0 aliphatic rings. The summed E-state index contributed by atoms with van der Waals surface area (Å²) in [6.45, 7) is 4.06. The van der Waals surface area contributed by atoms with E-state index in [0.717, 1.165) is 38.5 Å². The number of aliphatic hydroxyl groups is 4. The molecule has 0 saturated heterocycles. The molecule has 0 saturated carbocycles. The maximum atomic E-state index is 12.5. The minimum Gasteiger partial charge on any atom is -0.394 e. The first-order valence-electron chi connectivity index (χ1n) is 24.4. The van der Waals surface area contributed by atoms with Crippen LogP contribution in [0.25, 0.3) is 0 Å². The molecule has 0 fully saturated rings. The number of rotatable bonds is 45. The fourth-order valence-corrected chi connectivity index (χ4v) is 7.94. The van der Waals surface area contributed by atoms with E-state index in [9.17, 15) is 25.2 Å². The third kappa shape index (κ3) is 36.9. The molecule has 0 heterocycles. The molecule has 0 radical (unpaired) electrons. The second-order valence-electron chi connectivity index (χ2n) is 17.2. The van der Waals surface area contributed by atoms with E-state index in [-0.39, 0.29) is 0 Å². The van der Waals surface area contributed by atoms with Gasteiger partial charge in [-0.1, -0.05) is 258 Å². The highest BCUT2D eigenvalue weighted by Crippen LogP contribution is 2.18. The van der Waals surface area contributed by atoms with Crippen molar-refractivity contribution in [3.8, 4) is 0 Å². The van der Waals surface area contributed by atoms with E-state index in [1.807, 2.05) is 0 Å². The van der Waals surface area contributed by atoms with Crippen LogP contribution in [-0.2, 0) is 4.79 Å². The molecule has 324 valence electrons. The van der Waals surface area contributed by atoms with Gasteiger partial charge in [-0.05, 0) is 12.8 Å². The summed E-state index contributed by atoms with van der Waals surface area (Å²) in [7, 11) is 0. The zero-order valence-electron chi connectivity index (χ0n) is 36.5. The fraction of sp³-hybridized carbons (Fsp3) is 0.979. The van der Waals surface area contributed by atoms with Gasteiger partial charge in [0.2, 0.25) is 5.91 Å². The number of unbranched alkanes of at least 4 members (excludes halogenated alkanes) is 36. The first-order valence-corrected chi connectivity index (χ1v) is 24.4. The van der Waals surface area contributed by atoms with E-state index < -0.39 is 36.9 Å². The third-order valence-electron chi connectivity index (χ3n) is 11.8. The zero-order chi connectivity index (χ0) is 39.6. The number of carbonyl (C=O) groups excluding carboxylic acids is 1. The molecule has 6 heteroatoms. The van der Waals surface area contributed by atoms with Gasteiger partial charge in [0.05, 0.1) is 18.8 Å². The molecule has 0 rings (SSSR count). The molecule has 0 aliphatic heterocycles. The van der Waals surface area contributed by atoms with Crippen molar-refractivity contribution in [2.24, 2.45) is 0 Å². The van der Waals surface area contributed by atoms with E-state index >= 15 is 0 Å². The van der Waals surface area contributed by atoms with Gasteiger partial charge in [0.1, 0.15) is 12.2 Å². The zero-order valence-corrected chi connectivity index (χ0v) is 36.5. The van der Waals surface area contributed by atoms with Crippen molar-refractivity contribution in [3.05, 3.63) is 0 Å². The average Bonchev–Trinajstić information content (AvgIpc) is 3.18.